The molecule has 0 heterocycles. The molecule has 2 rings (SSSR count). The Hall–Kier alpha value is -1.29. The second-order valence-electron chi connectivity index (χ2n) is 3.54. The Morgan fingerprint density at radius 2 is 2.07 bits per heavy atom. The van der Waals surface area contributed by atoms with Crippen LogP contribution in [-0.4, -0.2) is 17.3 Å². The number of phenols is 1. The highest BCUT2D eigenvalue weighted by Crippen LogP contribution is 2.50. The van der Waals surface area contributed by atoms with Crippen LogP contribution in [0.2, 0.25) is 0 Å². The SMILES string of the molecule is COc1cc(O)cc(F)c1C1(O)CC1. The number of halogens is 1. The minimum Gasteiger partial charge on any atom is -0.508 e. The van der Waals surface area contributed by atoms with E-state index in [1.165, 1.54) is 13.2 Å². The van der Waals surface area contributed by atoms with Gasteiger partial charge >= 0.3 is 0 Å². The quantitative estimate of drug-likeness (QED) is 0.757. The Morgan fingerprint density at radius 3 is 2.57 bits per heavy atom. The molecule has 1 aromatic rings. The number of methoxy groups -OCH3 is 1. The molecule has 14 heavy (non-hydrogen) atoms. The molecular formula is C10H11FO3. The molecule has 1 aliphatic carbocycles. The van der Waals surface area contributed by atoms with Crippen molar-refractivity contribution in [3.8, 4) is 11.5 Å². The summed E-state index contributed by atoms with van der Waals surface area (Å²) in [6.07, 6.45) is 1.07. The number of aromatic hydroxyl groups is 1. The Labute approximate surface area is 80.8 Å². The number of ether oxygens (including phenoxy) is 1. The number of rotatable bonds is 2. The summed E-state index contributed by atoms with van der Waals surface area (Å²) in [6.45, 7) is 0. The predicted octanol–water partition coefficient (Wildman–Crippen LogP) is 1.52. The fourth-order valence-electron chi connectivity index (χ4n) is 1.55. The molecule has 1 aliphatic rings. The first-order valence-corrected chi connectivity index (χ1v) is 4.36. The van der Waals surface area contributed by atoms with Gasteiger partial charge in [0.1, 0.15) is 17.3 Å². The predicted molar refractivity (Wildman–Crippen MR) is 47.7 cm³/mol. The molecule has 0 unspecified atom stereocenters. The van der Waals surface area contributed by atoms with Gasteiger partial charge < -0.3 is 14.9 Å². The van der Waals surface area contributed by atoms with Crippen LogP contribution in [0, 0.1) is 5.82 Å². The maximum atomic E-state index is 13.4. The largest absolute Gasteiger partial charge is 0.508 e. The van der Waals surface area contributed by atoms with Crippen LogP contribution in [0.3, 0.4) is 0 Å². The second kappa shape index (κ2) is 2.85. The van der Waals surface area contributed by atoms with E-state index in [4.69, 9.17) is 9.84 Å². The molecule has 1 saturated carbocycles. The van der Waals surface area contributed by atoms with E-state index in [-0.39, 0.29) is 17.1 Å². The molecular weight excluding hydrogens is 187 g/mol. The van der Waals surface area contributed by atoms with Gasteiger partial charge in [-0.15, -0.1) is 0 Å². The van der Waals surface area contributed by atoms with E-state index in [0.717, 1.165) is 6.07 Å². The minimum atomic E-state index is -1.09. The molecule has 2 N–H and O–H groups in total. The van der Waals surface area contributed by atoms with Gasteiger partial charge in [-0.3, -0.25) is 0 Å². The van der Waals surface area contributed by atoms with Crippen molar-refractivity contribution in [1.82, 2.24) is 0 Å². The van der Waals surface area contributed by atoms with Crippen LogP contribution in [0.15, 0.2) is 12.1 Å². The normalized spacial score (nSPS) is 17.9. The molecule has 1 aromatic carbocycles. The zero-order valence-electron chi connectivity index (χ0n) is 7.75. The minimum absolute atomic E-state index is 0.151. The van der Waals surface area contributed by atoms with Crippen LogP contribution in [0.25, 0.3) is 0 Å². The maximum Gasteiger partial charge on any atom is 0.136 e. The van der Waals surface area contributed by atoms with Gasteiger partial charge in [0.25, 0.3) is 0 Å². The molecule has 4 heteroatoms. The van der Waals surface area contributed by atoms with E-state index < -0.39 is 11.4 Å². The Kier molecular flexibility index (Phi) is 1.89. The highest BCUT2D eigenvalue weighted by molar-refractivity contribution is 5.46. The van der Waals surface area contributed by atoms with Gasteiger partial charge in [-0.2, -0.15) is 0 Å². The summed E-state index contributed by atoms with van der Waals surface area (Å²) in [4.78, 5) is 0. The Morgan fingerprint density at radius 1 is 1.43 bits per heavy atom. The van der Waals surface area contributed by atoms with Crippen LogP contribution < -0.4 is 4.74 Å². The summed E-state index contributed by atoms with van der Waals surface area (Å²) in [7, 11) is 1.38. The number of benzene rings is 1. The summed E-state index contributed by atoms with van der Waals surface area (Å²) in [5, 5.41) is 18.9. The standard InChI is InChI=1S/C10H11FO3/c1-14-8-5-6(12)4-7(11)9(8)10(13)2-3-10/h4-5,12-13H,2-3H2,1H3. The summed E-state index contributed by atoms with van der Waals surface area (Å²) in [5.41, 5.74) is -0.943. The lowest BCUT2D eigenvalue weighted by Crippen LogP contribution is -2.09. The molecule has 3 nitrogen and oxygen atoms in total. The molecule has 0 radical (unpaired) electrons. The van der Waals surface area contributed by atoms with Gasteiger partial charge in [-0.25, -0.2) is 4.39 Å². The van der Waals surface area contributed by atoms with E-state index in [1.807, 2.05) is 0 Å². The molecule has 0 saturated heterocycles. The van der Waals surface area contributed by atoms with E-state index >= 15 is 0 Å². The van der Waals surface area contributed by atoms with E-state index in [2.05, 4.69) is 0 Å². The van der Waals surface area contributed by atoms with Crippen molar-refractivity contribution >= 4 is 0 Å². The van der Waals surface area contributed by atoms with Gasteiger partial charge in [0.2, 0.25) is 0 Å². The van der Waals surface area contributed by atoms with Gasteiger partial charge in [0.15, 0.2) is 0 Å². The first-order valence-electron chi connectivity index (χ1n) is 4.36. The van der Waals surface area contributed by atoms with Gasteiger partial charge in [-0.1, -0.05) is 0 Å². The van der Waals surface area contributed by atoms with Crippen molar-refractivity contribution in [2.24, 2.45) is 0 Å². The average molecular weight is 198 g/mol. The van der Waals surface area contributed by atoms with Gasteiger partial charge in [-0.05, 0) is 12.8 Å². The third-order valence-corrected chi connectivity index (χ3v) is 2.45. The topological polar surface area (TPSA) is 49.7 Å². The highest BCUT2D eigenvalue weighted by Gasteiger charge is 2.46. The molecule has 1 fully saturated rings. The molecule has 0 amide bonds. The van der Waals surface area contributed by atoms with Crippen molar-refractivity contribution < 1.29 is 19.3 Å². The van der Waals surface area contributed by atoms with Crippen LogP contribution in [0.1, 0.15) is 18.4 Å². The zero-order valence-corrected chi connectivity index (χ0v) is 7.75. The molecule has 0 spiro atoms. The molecule has 76 valence electrons. The van der Waals surface area contributed by atoms with Crippen LogP contribution >= 0.6 is 0 Å². The van der Waals surface area contributed by atoms with E-state index in [0.29, 0.717) is 12.8 Å². The molecule has 0 aromatic heterocycles. The Balaban J connectivity index is 2.56. The first kappa shape index (κ1) is 9.27. The summed E-state index contributed by atoms with van der Waals surface area (Å²) >= 11 is 0. The van der Waals surface area contributed by atoms with Crippen LogP contribution in [0.5, 0.6) is 11.5 Å². The lowest BCUT2D eigenvalue weighted by atomic mass is 10.1. The van der Waals surface area contributed by atoms with Crippen molar-refractivity contribution in [2.45, 2.75) is 18.4 Å². The molecule has 0 atom stereocenters. The van der Waals surface area contributed by atoms with Gasteiger partial charge in [0.05, 0.1) is 18.3 Å². The van der Waals surface area contributed by atoms with Crippen LogP contribution in [-0.2, 0) is 5.60 Å². The summed E-state index contributed by atoms with van der Waals surface area (Å²) in [5.74, 6) is -0.628. The average Bonchev–Trinajstić information content (AvgIpc) is 2.82. The third-order valence-electron chi connectivity index (χ3n) is 2.45. The highest BCUT2D eigenvalue weighted by atomic mass is 19.1. The second-order valence-corrected chi connectivity index (χ2v) is 3.54. The maximum absolute atomic E-state index is 13.4. The fourth-order valence-corrected chi connectivity index (χ4v) is 1.55. The third kappa shape index (κ3) is 1.32. The molecule has 0 aliphatic heterocycles. The number of hydrogen-bond donors (Lipinski definition) is 2. The molecule has 0 bridgehead atoms. The van der Waals surface area contributed by atoms with Crippen molar-refractivity contribution in [3.05, 3.63) is 23.5 Å². The number of phenolic OH excluding ortho intramolecular Hbond substituents is 1. The summed E-state index contributed by atoms with van der Waals surface area (Å²) < 4.78 is 18.3. The zero-order chi connectivity index (χ0) is 10.3. The smallest absolute Gasteiger partial charge is 0.136 e. The fraction of sp³-hybridized carbons (Fsp3) is 0.400. The number of hydrogen-bond acceptors (Lipinski definition) is 3. The monoisotopic (exact) mass is 198 g/mol. The van der Waals surface area contributed by atoms with Crippen molar-refractivity contribution in [1.29, 1.82) is 0 Å². The Bertz CT molecular complexity index is 372. The first-order chi connectivity index (χ1) is 6.57. The lowest BCUT2D eigenvalue weighted by Gasteiger charge is -2.14. The van der Waals surface area contributed by atoms with Gasteiger partial charge in [0, 0.05) is 12.1 Å². The number of aliphatic hydroxyl groups is 1. The van der Waals surface area contributed by atoms with E-state index in [9.17, 15) is 9.50 Å². The van der Waals surface area contributed by atoms with Crippen molar-refractivity contribution in [2.75, 3.05) is 7.11 Å². The van der Waals surface area contributed by atoms with E-state index in [1.54, 1.807) is 0 Å². The summed E-state index contributed by atoms with van der Waals surface area (Å²) in [6, 6.07) is 2.28. The van der Waals surface area contributed by atoms with Crippen molar-refractivity contribution in [3.63, 3.8) is 0 Å². The van der Waals surface area contributed by atoms with Crippen LogP contribution in [0.4, 0.5) is 4.39 Å². The lowest BCUT2D eigenvalue weighted by molar-refractivity contribution is 0.142.